The summed E-state index contributed by atoms with van der Waals surface area (Å²) >= 11 is 2.25. The van der Waals surface area contributed by atoms with E-state index in [9.17, 15) is 0 Å². The molecule has 1 heterocycles. The summed E-state index contributed by atoms with van der Waals surface area (Å²) in [6, 6.07) is 11.8. The molecule has 0 radical (unpaired) electrons. The van der Waals surface area contributed by atoms with Gasteiger partial charge in [-0.2, -0.15) is 5.26 Å². The first-order valence-electron chi connectivity index (χ1n) is 4.66. The summed E-state index contributed by atoms with van der Waals surface area (Å²) in [6.45, 7) is 0. The molecule has 0 aliphatic carbocycles. The smallest absolute Gasteiger partial charge is 0.101 e. The summed E-state index contributed by atoms with van der Waals surface area (Å²) in [5, 5.41) is 12.1. The average Bonchev–Trinajstić information content (AvgIpc) is 2.30. The van der Waals surface area contributed by atoms with Crippen molar-refractivity contribution in [1.29, 1.82) is 5.26 Å². The predicted octanol–water partition coefficient (Wildman–Crippen LogP) is 3.30. The molecule has 0 amide bonds. The van der Waals surface area contributed by atoms with Gasteiger partial charge in [0.15, 0.2) is 0 Å². The largest absolute Gasteiger partial charge is 0.353 e. The highest BCUT2D eigenvalue weighted by Crippen LogP contribution is 2.20. The molecule has 78 valence electrons. The molecule has 3 nitrogen and oxygen atoms in total. The molecular formula is C12H8IN3. The van der Waals surface area contributed by atoms with Crippen molar-refractivity contribution in [3.63, 3.8) is 0 Å². The average molecular weight is 321 g/mol. The minimum absolute atomic E-state index is 0.592. The summed E-state index contributed by atoms with van der Waals surface area (Å²) in [5.74, 6) is 0. The number of pyridine rings is 1. The van der Waals surface area contributed by atoms with Crippen LogP contribution in [0.4, 0.5) is 11.4 Å². The third-order valence-electron chi connectivity index (χ3n) is 2.05. The van der Waals surface area contributed by atoms with Gasteiger partial charge in [-0.1, -0.05) is 6.07 Å². The summed E-state index contributed by atoms with van der Waals surface area (Å²) in [6.07, 6.45) is 3.26. The Balaban J connectivity index is 2.31. The Morgan fingerprint density at radius 3 is 2.94 bits per heavy atom. The lowest BCUT2D eigenvalue weighted by Gasteiger charge is -2.07. The molecule has 0 fully saturated rings. The van der Waals surface area contributed by atoms with Crippen molar-refractivity contribution in [2.75, 3.05) is 5.32 Å². The van der Waals surface area contributed by atoms with Crippen LogP contribution in [0.15, 0.2) is 42.7 Å². The standard InChI is InChI=1S/C12H8IN3/c13-10-2-1-3-11(6-10)16-12-8-15-5-4-9(12)7-14/h1-6,8,16H. The van der Waals surface area contributed by atoms with Crippen molar-refractivity contribution in [2.24, 2.45) is 0 Å². The normalized spacial score (nSPS) is 9.50. The fourth-order valence-electron chi connectivity index (χ4n) is 1.31. The molecule has 16 heavy (non-hydrogen) atoms. The van der Waals surface area contributed by atoms with Gasteiger partial charge in [0, 0.05) is 15.5 Å². The number of halogens is 1. The number of anilines is 2. The molecule has 2 rings (SSSR count). The van der Waals surface area contributed by atoms with Crippen molar-refractivity contribution < 1.29 is 0 Å². The van der Waals surface area contributed by atoms with Crippen molar-refractivity contribution in [3.8, 4) is 6.07 Å². The van der Waals surface area contributed by atoms with E-state index in [-0.39, 0.29) is 0 Å². The minimum Gasteiger partial charge on any atom is -0.353 e. The van der Waals surface area contributed by atoms with E-state index in [1.807, 2.05) is 24.3 Å². The Hall–Kier alpha value is -1.61. The fraction of sp³-hybridized carbons (Fsp3) is 0. The fourth-order valence-corrected chi connectivity index (χ4v) is 1.86. The monoisotopic (exact) mass is 321 g/mol. The number of nitriles is 1. The van der Waals surface area contributed by atoms with E-state index in [4.69, 9.17) is 5.26 Å². The van der Waals surface area contributed by atoms with Crippen molar-refractivity contribution in [2.45, 2.75) is 0 Å². The van der Waals surface area contributed by atoms with E-state index >= 15 is 0 Å². The molecule has 0 saturated heterocycles. The molecule has 0 saturated carbocycles. The Bertz CT molecular complexity index is 546. The third kappa shape index (κ3) is 2.49. The minimum atomic E-state index is 0.592. The summed E-state index contributed by atoms with van der Waals surface area (Å²) in [7, 11) is 0. The third-order valence-corrected chi connectivity index (χ3v) is 2.72. The van der Waals surface area contributed by atoms with E-state index in [0.29, 0.717) is 5.56 Å². The quantitative estimate of drug-likeness (QED) is 0.864. The lowest BCUT2D eigenvalue weighted by molar-refractivity contribution is 1.30. The summed E-state index contributed by atoms with van der Waals surface area (Å²) in [4.78, 5) is 4.00. The van der Waals surface area contributed by atoms with E-state index in [1.54, 1.807) is 18.5 Å². The zero-order valence-corrected chi connectivity index (χ0v) is 10.5. The van der Waals surface area contributed by atoms with Crippen LogP contribution in [-0.4, -0.2) is 4.98 Å². The summed E-state index contributed by atoms with van der Waals surface area (Å²) in [5.41, 5.74) is 2.28. The lowest BCUT2D eigenvalue weighted by Crippen LogP contribution is -1.94. The first-order valence-corrected chi connectivity index (χ1v) is 5.74. The molecule has 1 aromatic heterocycles. The molecule has 0 unspecified atom stereocenters. The number of hydrogen-bond donors (Lipinski definition) is 1. The van der Waals surface area contributed by atoms with Crippen LogP contribution < -0.4 is 5.32 Å². The van der Waals surface area contributed by atoms with Crippen LogP contribution in [0, 0.1) is 14.9 Å². The van der Waals surface area contributed by atoms with Crippen molar-refractivity contribution in [1.82, 2.24) is 4.98 Å². The zero-order valence-electron chi connectivity index (χ0n) is 8.31. The first-order chi connectivity index (χ1) is 7.79. The van der Waals surface area contributed by atoms with Crippen molar-refractivity contribution >= 4 is 34.0 Å². The Morgan fingerprint density at radius 2 is 2.19 bits per heavy atom. The number of nitrogens with one attached hydrogen (secondary N) is 1. The first kappa shape index (κ1) is 10.9. The number of rotatable bonds is 2. The lowest BCUT2D eigenvalue weighted by atomic mass is 10.2. The molecule has 0 bridgehead atoms. The van der Waals surface area contributed by atoms with Gasteiger partial charge in [-0.15, -0.1) is 0 Å². The second kappa shape index (κ2) is 4.94. The topological polar surface area (TPSA) is 48.7 Å². The second-order valence-corrected chi connectivity index (χ2v) is 4.41. The SMILES string of the molecule is N#Cc1ccncc1Nc1cccc(I)c1. The molecule has 4 heteroatoms. The number of nitrogens with zero attached hydrogens (tertiary/aromatic N) is 2. The molecule has 2 aromatic rings. The van der Waals surface area contributed by atoms with Gasteiger partial charge in [-0.3, -0.25) is 4.98 Å². The van der Waals surface area contributed by atoms with Crippen LogP contribution in [-0.2, 0) is 0 Å². The van der Waals surface area contributed by atoms with Crippen LogP contribution in [0.5, 0.6) is 0 Å². The maximum absolute atomic E-state index is 8.93. The van der Waals surface area contributed by atoms with Crippen molar-refractivity contribution in [3.05, 3.63) is 51.9 Å². The highest BCUT2D eigenvalue weighted by atomic mass is 127. The van der Waals surface area contributed by atoms with Crippen LogP contribution in [0.1, 0.15) is 5.56 Å². The molecule has 1 N–H and O–H groups in total. The van der Waals surface area contributed by atoms with Gasteiger partial charge in [0.1, 0.15) is 6.07 Å². The Labute approximate surface area is 107 Å². The maximum atomic E-state index is 8.93. The zero-order chi connectivity index (χ0) is 11.4. The van der Waals surface area contributed by atoms with Crippen LogP contribution in [0.3, 0.4) is 0 Å². The van der Waals surface area contributed by atoms with Gasteiger partial charge < -0.3 is 5.32 Å². The molecule has 1 aromatic carbocycles. The second-order valence-electron chi connectivity index (χ2n) is 3.17. The van der Waals surface area contributed by atoms with Gasteiger partial charge in [0.2, 0.25) is 0 Å². The van der Waals surface area contributed by atoms with Gasteiger partial charge >= 0.3 is 0 Å². The molecule has 0 aliphatic rings. The molecule has 0 atom stereocenters. The molecular weight excluding hydrogens is 313 g/mol. The number of aromatic nitrogens is 1. The van der Waals surface area contributed by atoms with Gasteiger partial charge in [-0.25, -0.2) is 0 Å². The highest BCUT2D eigenvalue weighted by Gasteiger charge is 2.01. The van der Waals surface area contributed by atoms with Gasteiger partial charge in [0.25, 0.3) is 0 Å². The van der Waals surface area contributed by atoms with Crippen LogP contribution in [0.25, 0.3) is 0 Å². The number of hydrogen-bond acceptors (Lipinski definition) is 3. The van der Waals surface area contributed by atoms with E-state index in [2.05, 4.69) is 39.0 Å². The molecule has 0 spiro atoms. The van der Waals surface area contributed by atoms with E-state index in [1.165, 1.54) is 0 Å². The van der Waals surface area contributed by atoms with E-state index in [0.717, 1.165) is 14.9 Å². The molecule has 0 aliphatic heterocycles. The van der Waals surface area contributed by atoms with Crippen LogP contribution in [0.2, 0.25) is 0 Å². The van der Waals surface area contributed by atoms with E-state index < -0.39 is 0 Å². The Kier molecular flexibility index (Phi) is 3.37. The van der Waals surface area contributed by atoms with Crippen LogP contribution >= 0.6 is 22.6 Å². The van der Waals surface area contributed by atoms with Gasteiger partial charge in [0.05, 0.1) is 17.4 Å². The Morgan fingerprint density at radius 1 is 1.31 bits per heavy atom. The maximum Gasteiger partial charge on any atom is 0.101 e. The highest BCUT2D eigenvalue weighted by molar-refractivity contribution is 14.1. The summed E-state index contributed by atoms with van der Waals surface area (Å²) < 4.78 is 1.14. The predicted molar refractivity (Wildman–Crippen MR) is 71.4 cm³/mol. The van der Waals surface area contributed by atoms with Gasteiger partial charge in [-0.05, 0) is 46.9 Å². The number of benzene rings is 1.